The van der Waals surface area contributed by atoms with Gasteiger partial charge in [-0.25, -0.2) is 4.98 Å². The normalized spacial score (nSPS) is 12.3. The second-order valence-electron chi connectivity index (χ2n) is 5.37. The van der Waals surface area contributed by atoms with Crippen LogP contribution in [0.25, 0.3) is 10.6 Å². The second-order valence-corrected chi connectivity index (χ2v) is 7.05. The van der Waals surface area contributed by atoms with Crippen LogP contribution < -0.4 is 5.32 Å². The Bertz CT molecular complexity index is 801. The van der Waals surface area contributed by atoms with Crippen molar-refractivity contribution in [2.75, 3.05) is 0 Å². The van der Waals surface area contributed by atoms with Gasteiger partial charge in [0.05, 0.1) is 5.02 Å². The standard InChI is InChI=1S/C18H16Cl2N2S/c1-12(14-6-2-4-8-16(14)19)21-10-13-11-23-18(22-13)15-7-3-5-9-17(15)20/h2-9,11-12,21H,10H2,1H3/p+1/t12-/m0/s1. The molecule has 0 saturated carbocycles. The number of hydrogen-bond acceptors (Lipinski definition) is 2. The maximum atomic E-state index is 6.25. The van der Waals surface area contributed by atoms with Crippen molar-refractivity contribution in [2.24, 2.45) is 0 Å². The number of hydrogen-bond donors (Lipinski definition) is 1. The summed E-state index contributed by atoms with van der Waals surface area (Å²) in [5.74, 6) is 0. The lowest BCUT2D eigenvalue weighted by molar-refractivity contribution is -0.708. The van der Waals surface area contributed by atoms with Crippen molar-refractivity contribution in [3.05, 3.63) is 75.2 Å². The summed E-state index contributed by atoms with van der Waals surface area (Å²) in [4.78, 5) is 4.70. The Labute approximate surface area is 150 Å². The molecule has 3 aromatic rings. The van der Waals surface area contributed by atoms with Gasteiger partial charge in [-0.2, -0.15) is 0 Å². The highest BCUT2D eigenvalue weighted by Crippen LogP contribution is 2.30. The van der Waals surface area contributed by atoms with Crippen molar-refractivity contribution in [1.82, 2.24) is 4.98 Å². The number of nitrogens with two attached hydrogens (primary N) is 1. The van der Waals surface area contributed by atoms with Gasteiger partial charge in [0, 0.05) is 21.5 Å². The van der Waals surface area contributed by atoms with Crippen molar-refractivity contribution in [2.45, 2.75) is 19.5 Å². The smallest absolute Gasteiger partial charge is 0.125 e. The molecule has 118 valence electrons. The quantitative estimate of drug-likeness (QED) is 0.683. The highest BCUT2D eigenvalue weighted by molar-refractivity contribution is 7.13. The summed E-state index contributed by atoms with van der Waals surface area (Å²) >= 11 is 14.1. The molecule has 2 N–H and O–H groups in total. The zero-order chi connectivity index (χ0) is 16.2. The number of nitrogens with zero attached hydrogens (tertiary/aromatic N) is 1. The number of benzene rings is 2. The third-order valence-corrected chi connectivity index (χ3v) is 5.33. The molecule has 0 aliphatic carbocycles. The zero-order valence-electron chi connectivity index (χ0n) is 12.7. The van der Waals surface area contributed by atoms with Crippen LogP contribution in [0.2, 0.25) is 10.0 Å². The van der Waals surface area contributed by atoms with Crippen molar-refractivity contribution >= 4 is 34.5 Å². The van der Waals surface area contributed by atoms with Gasteiger partial charge in [0.15, 0.2) is 0 Å². The minimum Gasteiger partial charge on any atom is -0.335 e. The van der Waals surface area contributed by atoms with Crippen LogP contribution in [-0.2, 0) is 6.54 Å². The molecule has 0 spiro atoms. The molecule has 1 heterocycles. The van der Waals surface area contributed by atoms with E-state index in [1.165, 1.54) is 0 Å². The molecule has 0 fully saturated rings. The number of rotatable bonds is 5. The lowest BCUT2D eigenvalue weighted by atomic mass is 10.1. The first kappa shape index (κ1) is 16.5. The van der Waals surface area contributed by atoms with Gasteiger partial charge in [0.2, 0.25) is 0 Å². The molecule has 0 radical (unpaired) electrons. The van der Waals surface area contributed by atoms with E-state index < -0.39 is 0 Å². The van der Waals surface area contributed by atoms with E-state index in [4.69, 9.17) is 28.2 Å². The van der Waals surface area contributed by atoms with E-state index in [0.717, 1.165) is 38.4 Å². The van der Waals surface area contributed by atoms with Gasteiger partial charge in [0.25, 0.3) is 0 Å². The molecule has 0 unspecified atom stereocenters. The Kier molecular flexibility index (Phi) is 5.34. The topological polar surface area (TPSA) is 29.5 Å². The SMILES string of the molecule is C[C@H]([NH2+]Cc1csc(-c2ccccc2Cl)n1)c1ccccc1Cl. The molecule has 0 aliphatic rings. The molecule has 0 aliphatic heterocycles. The van der Waals surface area contributed by atoms with Crippen molar-refractivity contribution in [1.29, 1.82) is 0 Å². The van der Waals surface area contributed by atoms with Crippen LogP contribution in [0.3, 0.4) is 0 Å². The minimum absolute atomic E-state index is 0.286. The zero-order valence-corrected chi connectivity index (χ0v) is 15.0. The van der Waals surface area contributed by atoms with E-state index in [2.05, 4.69) is 23.7 Å². The number of aromatic nitrogens is 1. The highest BCUT2D eigenvalue weighted by Gasteiger charge is 2.14. The summed E-state index contributed by atoms with van der Waals surface area (Å²) in [6.45, 7) is 2.97. The maximum Gasteiger partial charge on any atom is 0.125 e. The van der Waals surface area contributed by atoms with Crippen LogP contribution in [0.15, 0.2) is 53.9 Å². The van der Waals surface area contributed by atoms with E-state index in [1.54, 1.807) is 11.3 Å². The molecule has 0 bridgehead atoms. The van der Waals surface area contributed by atoms with Crippen molar-refractivity contribution in [3.8, 4) is 10.6 Å². The average molecular weight is 364 g/mol. The number of quaternary nitrogens is 1. The fourth-order valence-corrected chi connectivity index (χ4v) is 3.89. The second kappa shape index (κ2) is 7.45. The summed E-state index contributed by atoms with van der Waals surface area (Å²) in [6, 6.07) is 16.1. The molecule has 2 aromatic carbocycles. The van der Waals surface area contributed by atoms with Crippen LogP contribution in [0.5, 0.6) is 0 Å². The summed E-state index contributed by atoms with van der Waals surface area (Å²) in [6.07, 6.45) is 0. The lowest BCUT2D eigenvalue weighted by Gasteiger charge is -2.11. The van der Waals surface area contributed by atoms with E-state index in [-0.39, 0.29) is 6.04 Å². The molecular formula is C18H17Cl2N2S+. The summed E-state index contributed by atoms with van der Waals surface area (Å²) in [5.41, 5.74) is 3.20. The molecule has 0 amide bonds. The van der Waals surface area contributed by atoms with Crippen LogP contribution in [-0.4, -0.2) is 4.98 Å². The molecule has 1 aromatic heterocycles. The first-order valence-electron chi connectivity index (χ1n) is 7.42. The van der Waals surface area contributed by atoms with Crippen LogP contribution in [0, 0.1) is 0 Å². The Hall–Kier alpha value is -1.39. The van der Waals surface area contributed by atoms with Gasteiger partial charge in [-0.1, -0.05) is 59.6 Å². The predicted molar refractivity (Wildman–Crippen MR) is 98.1 cm³/mol. The van der Waals surface area contributed by atoms with Gasteiger partial charge in [-0.3, -0.25) is 0 Å². The fraction of sp³-hybridized carbons (Fsp3) is 0.167. The van der Waals surface area contributed by atoms with Crippen molar-refractivity contribution in [3.63, 3.8) is 0 Å². The molecular weight excluding hydrogens is 347 g/mol. The van der Waals surface area contributed by atoms with E-state index >= 15 is 0 Å². The maximum absolute atomic E-state index is 6.25. The Morgan fingerprint density at radius 2 is 1.74 bits per heavy atom. The van der Waals surface area contributed by atoms with Crippen LogP contribution >= 0.6 is 34.5 Å². The largest absolute Gasteiger partial charge is 0.335 e. The highest BCUT2D eigenvalue weighted by atomic mass is 35.5. The molecule has 2 nitrogen and oxygen atoms in total. The molecule has 0 saturated heterocycles. The van der Waals surface area contributed by atoms with Gasteiger partial charge < -0.3 is 5.32 Å². The third-order valence-electron chi connectivity index (χ3n) is 3.73. The van der Waals surface area contributed by atoms with E-state index in [0.29, 0.717) is 0 Å². The van der Waals surface area contributed by atoms with Crippen molar-refractivity contribution < 1.29 is 5.32 Å². The molecule has 1 atom stereocenters. The number of thiazole rings is 1. The predicted octanol–water partition coefficient (Wildman–Crippen LogP) is 4.94. The van der Waals surface area contributed by atoms with E-state index in [1.807, 2.05) is 42.5 Å². The van der Waals surface area contributed by atoms with E-state index in [9.17, 15) is 0 Å². The first-order valence-corrected chi connectivity index (χ1v) is 9.06. The Balaban J connectivity index is 1.68. The monoisotopic (exact) mass is 363 g/mol. The van der Waals surface area contributed by atoms with Crippen LogP contribution in [0.4, 0.5) is 0 Å². The van der Waals surface area contributed by atoms with Gasteiger partial charge in [-0.15, -0.1) is 11.3 Å². The third kappa shape index (κ3) is 3.93. The number of halogens is 2. The summed E-state index contributed by atoms with van der Waals surface area (Å²) in [5, 5.41) is 6.85. The minimum atomic E-state index is 0.286. The van der Waals surface area contributed by atoms with Gasteiger partial charge in [-0.05, 0) is 19.1 Å². The Morgan fingerprint density at radius 3 is 2.48 bits per heavy atom. The molecule has 23 heavy (non-hydrogen) atoms. The fourth-order valence-electron chi connectivity index (χ4n) is 2.43. The van der Waals surface area contributed by atoms with Gasteiger partial charge >= 0.3 is 0 Å². The molecule has 5 heteroatoms. The summed E-state index contributed by atoms with van der Waals surface area (Å²) in [7, 11) is 0. The van der Waals surface area contributed by atoms with Gasteiger partial charge in [0.1, 0.15) is 23.3 Å². The average Bonchev–Trinajstić information content (AvgIpc) is 3.02. The molecule has 3 rings (SSSR count). The van der Waals surface area contributed by atoms with Crippen LogP contribution in [0.1, 0.15) is 24.2 Å². The lowest BCUT2D eigenvalue weighted by Crippen LogP contribution is -2.83. The summed E-state index contributed by atoms with van der Waals surface area (Å²) < 4.78 is 0. The first-order chi connectivity index (χ1) is 11.1. The Morgan fingerprint density at radius 1 is 1.04 bits per heavy atom.